The van der Waals surface area contributed by atoms with E-state index in [4.69, 9.17) is 4.74 Å². The van der Waals surface area contributed by atoms with Crippen LogP contribution in [-0.4, -0.2) is 18.7 Å². The van der Waals surface area contributed by atoms with E-state index < -0.39 is 0 Å². The molecule has 118 valence electrons. The molecule has 0 spiro atoms. The summed E-state index contributed by atoms with van der Waals surface area (Å²) in [6.45, 7) is 12.4. The Morgan fingerprint density at radius 2 is 2.05 bits per heavy atom. The second kappa shape index (κ2) is 6.83. The van der Waals surface area contributed by atoms with Crippen molar-refractivity contribution in [3.05, 3.63) is 29.3 Å². The van der Waals surface area contributed by atoms with E-state index in [1.807, 2.05) is 0 Å². The van der Waals surface area contributed by atoms with Gasteiger partial charge in [0.1, 0.15) is 11.9 Å². The Labute approximate surface area is 130 Å². The third kappa shape index (κ3) is 3.79. The number of ether oxygens (including phenoxy) is 1. The van der Waals surface area contributed by atoms with Crippen molar-refractivity contribution in [2.75, 3.05) is 6.54 Å². The van der Waals surface area contributed by atoms with Crippen molar-refractivity contribution in [2.24, 2.45) is 5.41 Å². The Morgan fingerprint density at radius 1 is 1.29 bits per heavy atom. The number of aryl methyl sites for hydroxylation is 1. The first-order valence-corrected chi connectivity index (χ1v) is 8.42. The molecule has 0 aliphatic heterocycles. The van der Waals surface area contributed by atoms with E-state index in [0.29, 0.717) is 11.5 Å². The molecule has 2 unspecified atom stereocenters. The predicted molar refractivity (Wildman–Crippen MR) is 90.0 cm³/mol. The largest absolute Gasteiger partial charge is 0.489 e. The zero-order valence-corrected chi connectivity index (χ0v) is 14.3. The summed E-state index contributed by atoms with van der Waals surface area (Å²) in [7, 11) is 0. The molecule has 0 bridgehead atoms. The predicted octanol–water partition coefficient (Wildman–Crippen LogP) is 4.63. The summed E-state index contributed by atoms with van der Waals surface area (Å²) in [4.78, 5) is 0. The number of nitrogens with one attached hydrogen (secondary N) is 1. The van der Waals surface area contributed by atoms with Crippen LogP contribution in [0.15, 0.2) is 18.2 Å². The third-order valence-electron chi connectivity index (χ3n) is 4.97. The van der Waals surface area contributed by atoms with Gasteiger partial charge in [0.2, 0.25) is 0 Å². The van der Waals surface area contributed by atoms with E-state index >= 15 is 0 Å². The van der Waals surface area contributed by atoms with E-state index in [0.717, 1.165) is 18.7 Å². The number of hydrogen-bond donors (Lipinski definition) is 1. The lowest BCUT2D eigenvalue weighted by atomic mass is 9.71. The second-order valence-electron chi connectivity index (χ2n) is 7.17. The fraction of sp³-hybridized carbons (Fsp3) is 0.684. The molecule has 1 aliphatic rings. The molecule has 1 aliphatic carbocycles. The maximum absolute atomic E-state index is 6.45. The molecule has 0 aromatic heterocycles. The van der Waals surface area contributed by atoms with Gasteiger partial charge >= 0.3 is 0 Å². The fourth-order valence-electron chi connectivity index (χ4n) is 3.43. The first-order chi connectivity index (χ1) is 9.95. The zero-order chi connectivity index (χ0) is 15.5. The maximum Gasteiger partial charge on any atom is 0.122 e. The average molecular weight is 289 g/mol. The summed E-state index contributed by atoms with van der Waals surface area (Å²) in [5.74, 6) is 1.06. The van der Waals surface area contributed by atoms with E-state index in [1.54, 1.807) is 0 Å². The quantitative estimate of drug-likeness (QED) is 0.853. The molecule has 0 radical (unpaired) electrons. The summed E-state index contributed by atoms with van der Waals surface area (Å²) in [5.41, 5.74) is 2.88. The number of hydrogen-bond acceptors (Lipinski definition) is 2. The monoisotopic (exact) mass is 289 g/mol. The molecule has 0 saturated heterocycles. The Kier molecular flexibility index (Phi) is 5.32. The van der Waals surface area contributed by atoms with E-state index in [2.05, 4.69) is 58.1 Å². The van der Waals surface area contributed by atoms with Crippen LogP contribution in [0.3, 0.4) is 0 Å². The van der Waals surface area contributed by atoms with Crippen LogP contribution in [0.2, 0.25) is 0 Å². The van der Waals surface area contributed by atoms with Crippen LogP contribution in [0.5, 0.6) is 5.75 Å². The maximum atomic E-state index is 6.45. The molecular weight excluding hydrogens is 258 g/mol. The lowest BCUT2D eigenvalue weighted by Gasteiger charge is -2.44. The van der Waals surface area contributed by atoms with Gasteiger partial charge in [-0.3, -0.25) is 0 Å². The lowest BCUT2D eigenvalue weighted by Crippen LogP contribution is -2.54. The molecule has 0 heterocycles. The highest BCUT2D eigenvalue weighted by atomic mass is 16.5. The van der Waals surface area contributed by atoms with Crippen molar-refractivity contribution < 1.29 is 4.74 Å². The minimum absolute atomic E-state index is 0.279. The molecule has 1 fully saturated rings. The molecule has 0 amide bonds. The number of benzene rings is 1. The minimum atomic E-state index is 0.279. The first kappa shape index (κ1) is 16.4. The summed E-state index contributed by atoms with van der Waals surface area (Å²) < 4.78 is 6.45. The molecule has 1 saturated carbocycles. The van der Waals surface area contributed by atoms with Gasteiger partial charge in [-0.05, 0) is 68.7 Å². The van der Waals surface area contributed by atoms with Gasteiger partial charge in [0.05, 0.1) is 0 Å². The normalized spacial score (nSPS) is 24.8. The zero-order valence-electron chi connectivity index (χ0n) is 14.3. The average Bonchev–Trinajstić information content (AvgIpc) is 2.42. The van der Waals surface area contributed by atoms with Crippen LogP contribution in [0.25, 0.3) is 0 Å². The Balaban J connectivity index is 2.17. The Hall–Kier alpha value is -1.02. The van der Waals surface area contributed by atoms with Crippen molar-refractivity contribution >= 4 is 0 Å². The molecule has 2 rings (SSSR count). The summed E-state index contributed by atoms with van der Waals surface area (Å²) in [5, 5.41) is 3.74. The van der Waals surface area contributed by atoms with Crippen molar-refractivity contribution in [1.82, 2.24) is 5.32 Å². The highest BCUT2D eigenvalue weighted by Crippen LogP contribution is 2.38. The summed E-state index contributed by atoms with van der Waals surface area (Å²) >= 11 is 0. The van der Waals surface area contributed by atoms with Gasteiger partial charge in [-0.15, -0.1) is 0 Å². The van der Waals surface area contributed by atoms with Crippen LogP contribution >= 0.6 is 0 Å². The fourth-order valence-corrected chi connectivity index (χ4v) is 3.43. The second-order valence-corrected chi connectivity index (χ2v) is 7.17. The molecule has 1 aromatic carbocycles. The van der Waals surface area contributed by atoms with Gasteiger partial charge in [0.15, 0.2) is 0 Å². The van der Waals surface area contributed by atoms with Gasteiger partial charge in [-0.25, -0.2) is 0 Å². The molecule has 1 N–H and O–H groups in total. The van der Waals surface area contributed by atoms with Gasteiger partial charge in [0.25, 0.3) is 0 Å². The molecule has 2 nitrogen and oxygen atoms in total. The number of rotatable bonds is 5. The molecule has 21 heavy (non-hydrogen) atoms. The van der Waals surface area contributed by atoms with Crippen LogP contribution in [0.1, 0.15) is 57.6 Å². The van der Waals surface area contributed by atoms with Crippen molar-refractivity contribution in [1.29, 1.82) is 0 Å². The topological polar surface area (TPSA) is 21.3 Å². The molecule has 1 aromatic rings. The molecule has 2 heteroatoms. The van der Waals surface area contributed by atoms with Gasteiger partial charge < -0.3 is 10.1 Å². The summed E-state index contributed by atoms with van der Waals surface area (Å²) in [6.07, 6.45) is 5.13. The van der Waals surface area contributed by atoms with Crippen molar-refractivity contribution in [3.8, 4) is 5.75 Å². The highest BCUT2D eigenvalue weighted by Gasteiger charge is 2.40. The highest BCUT2D eigenvalue weighted by molar-refractivity contribution is 5.38. The smallest absolute Gasteiger partial charge is 0.122 e. The van der Waals surface area contributed by atoms with Crippen LogP contribution < -0.4 is 10.1 Å². The van der Waals surface area contributed by atoms with Crippen molar-refractivity contribution in [2.45, 2.75) is 72.4 Å². The van der Waals surface area contributed by atoms with E-state index in [9.17, 15) is 0 Å². The minimum Gasteiger partial charge on any atom is -0.489 e. The molecule has 2 atom stereocenters. The van der Waals surface area contributed by atoms with Gasteiger partial charge in [-0.1, -0.05) is 32.9 Å². The SMILES string of the molecule is CCCNC1C(Oc2cccc(C)c2C)CCCC1(C)C. The van der Waals surface area contributed by atoms with Crippen LogP contribution in [-0.2, 0) is 0 Å². The third-order valence-corrected chi connectivity index (χ3v) is 4.97. The van der Waals surface area contributed by atoms with Crippen LogP contribution in [0.4, 0.5) is 0 Å². The summed E-state index contributed by atoms with van der Waals surface area (Å²) in [6, 6.07) is 6.80. The molecular formula is C19H31NO. The van der Waals surface area contributed by atoms with E-state index in [-0.39, 0.29) is 6.10 Å². The van der Waals surface area contributed by atoms with Gasteiger partial charge in [-0.2, -0.15) is 0 Å². The van der Waals surface area contributed by atoms with E-state index in [1.165, 1.54) is 30.4 Å². The van der Waals surface area contributed by atoms with Gasteiger partial charge in [0, 0.05) is 6.04 Å². The first-order valence-electron chi connectivity index (χ1n) is 8.42. The standard InChI is InChI=1S/C19H31NO/c1-6-13-20-18-17(11-8-12-19(18,4)5)21-16-10-7-9-14(2)15(16)3/h7,9-10,17-18,20H,6,8,11-13H2,1-5H3. The Morgan fingerprint density at radius 3 is 2.76 bits per heavy atom. The Bertz CT molecular complexity index is 467. The van der Waals surface area contributed by atoms with Crippen LogP contribution in [0, 0.1) is 19.3 Å². The lowest BCUT2D eigenvalue weighted by molar-refractivity contribution is 0.0360. The van der Waals surface area contributed by atoms with Crippen molar-refractivity contribution in [3.63, 3.8) is 0 Å².